The van der Waals surface area contributed by atoms with Gasteiger partial charge in [0, 0.05) is 26.2 Å². The Morgan fingerprint density at radius 3 is 2.33 bits per heavy atom. The van der Waals surface area contributed by atoms with Crippen LogP contribution in [0.1, 0.15) is 20.8 Å². The monoisotopic (exact) mass is 170 g/mol. The smallest absolute Gasteiger partial charge is 0.00344 e. The lowest BCUT2D eigenvalue weighted by Crippen LogP contribution is -2.52. The minimum absolute atomic E-state index is 0.463. The van der Waals surface area contributed by atoms with Crippen molar-refractivity contribution in [1.82, 2.24) is 10.2 Å². The molecule has 1 aliphatic rings. The molecule has 0 bridgehead atoms. The topological polar surface area (TPSA) is 15.3 Å². The fourth-order valence-corrected chi connectivity index (χ4v) is 1.89. The summed E-state index contributed by atoms with van der Waals surface area (Å²) < 4.78 is 0. The van der Waals surface area contributed by atoms with Crippen molar-refractivity contribution in [2.45, 2.75) is 20.8 Å². The maximum Gasteiger partial charge on any atom is 0.00344 e. The van der Waals surface area contributed by atoms with Crippen molar-refractivity contribution in [2.24, 2.45) is 11.3 Å². The molecular formula is C10H22N2. The van der Waals surface area contributed by atoms with E-state index in [4.69, 9.17) is 0 Å². The Morgan fingerprint density at radius 2 is 1.92 bits per heavy atom. The van der Waals surface area contributed by atoms with E-state index in [1.54, 1.807) is 0 Å². The molecule has 1 saturated heterocycles. The summed E-state index contributed by atoms with van der Waals surface area (Å²) in [6.07, 6.45) is 0. The van der Waals surface area contributed by atoms with E-state index in [1.807, 2.05) is 7.05 Å². The van der Waals surface area contributed by atoms with Crippen molar-refractivity contribution < 1.29 is 0 Å². The Kier molecular flexibility index (Phi) is 3.13. The van der Waals surface area contributed by atoms with Gasteiger partial charge in [-0.25, -0.2) is 0 Å². The van der Waals surface area contributed by atoms with E-state index in [-0.39, 0.29) is 0 Å². The van der Waals surface area contributed by atoms with Crippen LogP contribution in [-0.2, 0) is 0 Å². The first-order valence-electron chi connectivity index (χ1n) is 4.88. The highest BCUT2D eigenvalue weighted by Crippen LogP contribution is 2.22. The molecule has 2 heteroatoms. The molecule has 12 heavy (non-hydrogen) atoms. The third-order valence-corrected chi connectivity index (χ3v) is 2.22. The zero-order valence-corrected chi connectivity index (χ0v) is 8.85. The SMILES string of the molecule is CNCC1CN(CC(C)(C)C)C1. The number of nitrogens with one attached hydrogen (secondary N) is 1. The minimum atomic E-state index is 0.463. The van der Waals surface area contributed by atoms with E-state index in [9.17, 15) is 0 Å². The normalized spacial score (nSPS) is 21.0. The van der Waals surface area contributed by atoms with Gasteiger partial charge in [-0.3, -0.25) is 0 Å². The van der Waals surface area contributed by atoms with Gasteiger partial charge >= 0.3 is 0 Å². The van der Waals surface area contributed by atoms with Gasteiger partial charge < -0.3 is 10.2 Å². The summed E-state index contributed by atoms with van der Waals surface area (Å²) in [6, 6.07) is 0. The highest BCUT2D eigenvalue weighted by molar-refractivity contribution is 4.83. The van der Waals surface area contributed by atoms with Gasteiger partial charge in [0.1, 0.15) is 0 Å². The summed E-state index contributed by atoms with van der Waals surface area (Å²) in [5, 5.41) is 3.23. The first kappa shape index (κ1) is 10.0. The van der Waals surface area contributed by atoms with Crippen molar-refractivity contribution in [2.75, 3.05) is 33.2 Å². The molecule has 1 N–H and O–H groups in total. The second-order valence-corrected chi connectivity index (χ2v) is 5.18. The molecule has 0 aliphatic carbocycles. The van der Waals surface area contributed by atoms with Crippen LogP contribution < -0.4 is 5.32 Å². The van der Waals surface area contributed by atoms with Gasteiger partial charge in [-0.05, 0) is 18.4 Å². The highest BCUT2D eigenvalue weighted by Gasteiger charge is 2.28. The first-order valence-corrected chi connectivity index (χ1v) is 4.88. The van der Waals surface area contributed by atoms with Crippen LogP contribution in [0.15, 0.2) is 0 Å². The first-order chi connectivity index (χ1) is 5.51. The lowest BCUT2D eigenvalue weighted by atomic mass is 9.91. The number of nitrogens with zero attached hydrogens (tertiary/aromatic N) is 1. The van der Waals surface area contributed by atoms with Crippen LogP contribution in [-0.4, -0.2) is 38.1 Å². The molecule has 0 amide bonds. The van der Waals surface area contributed by atoms with Crippen molar-refractivity contribution >= 4 is 0 Å². The van der Waals surface area contributed by atoms with Gasteiger partial charge in [-0.1, -0.05) is 20.8 Å². The second-order valence-electron chi connectivity index (χ2n) is 5.18. The Hall–Kier alpha value is -0.0800. The van der Waals surface area contributed by atoms with Crippen molar-refractivity contribution in [3.63, 3.8) is 0 Å². The summed E-state index contributed by atoms with van der Waals surface area (Å²) >= 11 is 0. The van der Waals surface area contributed by atoms with Crippen LogP contribution in [0.3, 0.4) is 0 Å². The van der Waals surface area contributed by atoms with Crippen LogP contribution in [0.25, 0.3) is 0 Å². The van der Waals surface area contributed by atoms with Gasteiger partial charge in [0.2, 0.25) is 0 Å². The third-order valence-electron chi connectivity index (χ3n) is 2.22. The predicted octanol–water partition coefficient (Wildman–Crippen LogP) is 1.18. The maximum absolute atomic E-state index is 3.23. The Balaban J connectivity index is 2.10. The maximum atomic E-state index is 3.23. The predicted molar refractivity (Wildman–Crippen MR) is 53.3 cm³/mol. The van der Waals surface area contributed by atoms with Crippen molar-refractivity contribution in [1.29, 1.82) is 0 Å². The second kappa shape index (κ2) is 3.75. The van der Waals surface area contributed by atoms with E-state index in [1.165, 1.54) is 26.2 Å². The summed E-state index contributed by atoms with van der Waals surface area (Å²) in [5.74, 6) is 0.900. The van der Waals surface area contributed by atoms with E-state index < -0.39 is 0 Å². The van der Waals surface area contributed by atoms with Crippen LogP contribution in [0.4, 0.5) is 0 Å². The summed E-state index contributed by atoms with van der Waals surface area (Å²) in [6.45, 7) is 11.9. The van der Waals surface area contributed by atoms with Crippen LogP contribution >= 0.6 is 0 Å². The molecule has 0 aromatic heterocycles. The van der Waals surface area contributed by atoms with E-state index in [0.717, 1.165) is 5.92 Å². The molecule has 1 fully saturated rings. The highest BCUT2D eigenvalue weighted by atomic mass is 15.2. The standard InChI is InChI=1S/C10H22N2/c1-10(2,3)8-12-6-9(7-12)5-11-4/h9,11H,5-8H2,1-4H3. The Bertz CT molecular complexity index is 131. The van der Waals surface area contributed by atoms with Gasteiger partial charge in [0.05, 0.1) is 0 Å². The van der Waals surface area contributed by atoms with E-state index in [0.29, 0.717) is 5.41 Å². The molecule has 1 rings (SSSR count). The molecule has 0 unspecified atom stereocenters. The van der Waals surface area contributed by atoms with E-state index >= 15 is 0 Å². The molecule has 0 saturated carbocycles. The number of likely N-dealkylation sites (tertiary alicyclic amines) is 1. The molecule has 2 nitrogen and oxygen atoms in total. The minimum Gasteiger partial charge on any atom is -0.319 e. The lowest BCUT2D eigenvalue weighted by Gasteiger charge is -2.42. The molecule has 72 valence electrons. The summed E-state index contributed by atoms with van der Waals surface area (Å²) in [5.41, 5.74) is 0.463. The molecule has 0 aromatic rings. The lowest BCUT2D eigenvalue weighted by molar-refractivity contribution is 0.0650. The van der Waals surface area contributed by atoms with Crippen molar-refractivity contribution in [3.05, 3.63) is 0 Å². The number of hydrogen-bond acceptors (Lipinski definition) is 2. The fourth-order valence-electron chi connectivity index (χ4n) is 1.89. The van der Waals surface area contributed by atoms with Crippen molar-refractivity contribution in [3.8, 4) is 0 Å². The van der Waals surface area contributed by atoms with Gasteiger partial charge in [-0.15, -0.1) is 0 Å². The Morgan fingerprint density at radius 1 is 1.33 bits per heavy atom. The van der Waals surface area contributed by atoms with Gasteiger partial charge in [-0.2, -0.15) is 0 Å². The van der Waals surface area contributed by atoms with Crippen LogP contribution in [0.2, 0.25) is 0 Å². The largest absolute Gasteiger partial charge is 0.319 e. The summed E-state index contributed by atoms with van der Waals surface area (Å²) in [7, 11) is 2.03. The number of hydrogen-bond donors (Lipinski definition) is 1. The quantitative estimate of drug-likeness (QED) is 0.684. The molecule has 0 radical (unpaired) electrons. The molecule has 0 atom stereocenters. The fraction of sp³-hybridized carbons (Fsp3) is 1.00. The van der Waals surface area contributed by atoms with Crippen LogP contribution in [0, 0.1) is 11.3 Å². The van der Waals surface area contributed by atoms with E-state index in [2.05, 4.69) is 31.0 Å². The third kappa shape index (κ3) is 3.11. The van der Waals surface area contributed by atoms with Gasteiger partial charge in [0.25, 0.3) is 0 Å². The molecule has 1 heterocycles. The summed E-state index contributed by atoms with van der Waals surface area (Å²) in [4.78, 5) is 2.54. The molecule has 1 aliphatic heterocycles. The zero-order valence-electron chi connectivity index (χ0n) is 8.85. The van der Waals surface area contributed by atoms with Gasteiger partial charge in [0.15, 0.2) is 0 Å². The Labute approximate surface area is 76.3 Å². The molecule has 0 aromatic carbocycles. The molecular weight excluding hydrogens is 148 g/mol. The van der Waals surface area contributed by atoms with Crippen LogP contribution in [0.5, 0.6) is 0 Å². The zero-order chi connectivity index (χ0) is 9.19. The average molecular weight is 170 g/mol. The average Bonchev–Trinajstić information content (AvgIpc) is 1.80. The number of rotatable bonds is 3. The molecule has 0 spiro atoms.